The SMILES string of the molecule is CCCn1cc(NC(=O)c2csc(Br)c2)ccc1=O. The normalized spacial score (nSPS) is 10.4. The molecule has 6 heteroatoms. The van der Waals surface area contributed by atoms with E-state index in [-0.39, 0.29) is 11.5 Å². The Labute approximate surface area is 123 Å². The highest BCUT2D eigenvalue weighted by Gasteiger charge is 2.08. The van der Waals surface area contributed by atoms with Crippen LogP contribution in [0.25, 0.3) is 0 Å². The van der Waals surface area contributed by atoms with Gasteiger partial charge >= 0.3 is 0 Å². The fraction of sp³-hybridized carbons (Fsp3) is 0.231. The average molecular weight is 341 g/mol. The minimum Gasteiger partial charge on any atom is -0.321 e. The van der Waals surface area contributed by atoms with Crippen molar-refractivity contribution >= 4 is 38.9 Å². The van der Waals surface area contributed by atoms with E-state index in [9.17, 15) is 9.59 Å². The predicted molar refractivity (Wildman–Crippen MR) is 81.0 cm³/mol. The molecule has 0 radical (unpaired) electrons. The summed E-state index contributed by atoms with van der Waals surface area (Å²) < 4.78 is 2.51. The van der Waals surface area contributed by atoms with Crippen molar-refractivity contribution in [1.29, 1.82) is 0 Å². The lowest BCUT2D eigenvalue weighted by Gasteiger charge is -2.08. The topological polar surface area (TPSA) is 51.1 Å². The zero-order valence-electron chi connectivity index (χ0n) is 10.4. The maximum absolute atomic E-state index is 12.0. The van der Waals surface area contributed by atoms with Gasteiger partial charge in [0.25, 0.3) is 11.5 Å². The van der Waals surface area contributed by atoms with Gasteiger partial charge in [-0.2, -0.15) is 0 Å². The van der Waals surface area contributed by atoms with E-state index in [1.54, 1.807) is 28.3 Å². The number of halogens is 1. The molecule has 0 spiro atoms. The molecule has 0 bridgehead atoms. The lowest BCUT2D eigenvalue weighted by atomic mass is 10.3. The van der Waals surface area contributed by atoms with Crippen molar-refractivity contribution in [3.05, 3.63) is 49.5 Å². The van der Waals surface area contributed by atoms with Gasteiger partial charge in [-0.3, -0.25) is 9.59 Å². The number of amides is 1. The lowest BCUT2D eigenvalue weighted by molar-refractivity contribution is 0.102. The standard InChI is InChI=1S/C13H13BrN2O2S/c1-2-5-16-7-10(3-4-12(16)17)15-13(18)9-6-11(14)19-8-9/h3-4,6-8H,2,5H2,1H3,(H,15,18). The van der Waals surface area contributed by atoms with E-state index >= 15 is 0 Å². The molecule has 2 aromatic rings. The number of nitrogens with zero attached hydrogens (tertiary/aromatic N) is 1. The monoisotopic (exact) mass is 340 g/mol. The second-order valence-electron chi connectivity index (χ2n) is 4.04. The zero-order chi connectivity index (χ0) is 13.8. The van der Waals surface area contributed by atoms with Crippen LogP contribution in [-0.2, 0) is 6.54 Å². The second-order valence-corrected chi connectivity index (χ2v) is 6.33. The van der Waals surface area contributed by atoms with Gasteiger partial charge in [-0.1, -0.05) is 6.92 Å². The summed E-state index contributed by atoms with van der Waals surface area (Å²) in [6.07, 6.45) is 2.54. The van der Waals surface area contributed by atoms with Crippen molar-refractivity contribution in [1.82, 2.24) is 4.57 Å². The third kappa shape index (κ3) is 3.54. The fourth-order valence-electron chi connectivity index (χ4n) is 1.65. The highest BCUT2D eigenvalue weighted by Crippen LogP contribution is 2.21. The van der Waals surface area contributed by atoms with E-state index in [0.717, 1.165) is 10.2 Å². The Morgan fingerprint density at radius 3 is 2.89 bits per heavy atom. The van der Waals surface area contributed by atoms with Crippen LogP contribution >= 0.6 is 27.3 Å². The van der Waals surface area contributed by atoms with Crippen LogP contribution in [0.2, 0.25) is 0 Å². The van der Waals surface area contributed by atoms with Crippen molar-refractivity contribution < 1.29 is 4.79 Å². The summed E-state index contributed by atoms with van der Waals surface area (Å²) in [7, 11) is 0. The second kappa shape index (κ2) is 6.16. The number of pyridine rings is 1. The Kier molecular flexibility index (Phi) is 4.55. The minimum absolute atomic E-state index is 0.0573. The van der Waals surface area contributed by atoms with Crippen molar-refractivity contribution in [2.75, 3.05) is 5.32 Å². The van der Waals surface area contributed by atoms with Crippen molar-refractivity contribution in [3.8, 4) is 0 Å². The lowest BCUT2D eigenvalue weighted by Crippen LogP contribution is -2.20. The molecule has 1 amide bonds. The molecule has 0 saturated carbocycles. The van der Waals surface area contributed by atoms with E-state index in [4.69, 9.17) is 0 Å². The number of carbonyl (C=O) groups excluding carboxylic acids is 1. The van der Waals surface area contributed by atoms with Gasteiger partial charge in [0.1, 0.15) is 0 Å². The molecule has 2 heterocycles. The van der Waals surface area contributed by atoms with Crippen LogP contribution in [0.1, 0.15) is 23.7 Å². The summed E-state index contributed by atoms with van der Waals surface area (Å²) in [6, 6.07) is 4.85. The van der Waals surface area contributed by atoms with Crippen molar-refractivity contribution in [3.63, 3.8) is 0 Å². The number of nitrogens with one attached hydrogen (secondary N) is 1. The van der Waals surface area contributed by atoms with E-state index in [1.165, 1.54) is 17.4 Å². The quantitative estimate of drug-likeness (QED) is 0.927. The van der Waals surface area contributed by atoms with Crippen LogP contribution in [0.5, 0.6) is 0 Å². The summed E-state index contributed by atoms with van der Waals surface area (Å²) in [5, 5.41) is 4.56. The molecule has 0 aliphatic carbocycles. The van der Waals surface area contributed by atoms with E-state index in [2.05, 4.69) is 21.2 Å². The third-order valence-electron chi connectivity index (χ3n) is 2.54. The van der Waals surface area contributed by atoms with Crippen LogP contribution < -0.4 is 10.9 Å². The largest absolute Gasteiger partial charge is 0.321 e. The number of carbonyl (C=O) groups is 1. The summed E-state index contributed by atoms with van der Waals surface area (Å²) in [5.41, 5.74) is 1.17. The molecular formula is C13H13BrN2O2S. The first kappa shape index (κ1) is 14.0. The van der Waals surface area contributed by atoms with Crippen molar-refractivity contribution in [2.24, 2.45) is 0 Å². The van der Waals surface area contributed by atoms with Crippen LogP contribution in [0.3, 0.4) is 0 Å². The highest BCUT2D eigenvalue weighted by atomic mass is 79.9. The van der Waals surface area contributed by atoms with Gasteiger partial charge in [-0.25, -0.2) is 0 Å². The number of anilines is 1. The summed E-state index contributed by atoms with van der Waals surface area (Å²) in [5.74, 6) is -0.177. The molecule has 100 valence electrons. The molecule has 0 aliphatic rings. The number of thiophene rings is 1. The molecular weight excluding hydrogens is 328 g/mol. The van der Waals surface area contributed by atoms with Gasteiger partial charge in [0.2, 0.25) is 0 Å². The molecule has 0 unspecified atom stereocenters. The Bertz CT molecular complexity index is 648. The number of rotatable bonds is 4. The number of aryl methyl sites for hydroxylation is 1. The molecule has 2 aromatic heterocycles. The number of aromatic nitrogens is 1. The van der Waals surface area contributed by atoms with Crippen LogP contribution in [0, 0.1) is 0 Å². The Balaban J connectivity index is 2.17. The molecule has 0 aliphatic heterocycles. The first-order valence-corrected chi connectivity index (χ1v) is 7.53. The van der Waals surface area contributed by atoms with Crippen LogP contribution in [0.4, 0.5) is 5.69 Å². The van der Waals surface area contributed by atoms with E-state index in [1.807, 2.05) is 6.92 Å². The predicted octanol–water partition coefficient (Wildman–Crippen LogP) is 3.33. The number of hydrogen-bond acceptors (Lipinski definition) is 3. The van der Waals surface area contributed by atoms with Crippen LogP contribution in [-0.4, -0.2) is 10.5 Å². The van der Waals surface area contributed by atoms with E-state index in [0.29, 0.717) is 17.8 Å². The minimum atomic E-state index is -0.177. The van der Waals surface area contributed by atoms with Gasteiger partial charge in [0.05, 0.1) is 15.0 Å². The first-order chi connectivity index (χ1) is 9.10. The highest BCUT2D eigenvalue weighted by molar-refractivity contribution is 9.11. The smallest absolute Gasteiger partial charge is 0.256 e. The van der Waals surface area contributed by atoms with Gasteiger partial charge in [0.15, 0.2) is 0 Å². The van der Waals surface area contributed by atoms with Gasteiger partial charge in [-0.05, 0) is 34.5 Å². The van der Waals surface area contributed by atoms with Gasteiger partial charge < -0.3 is 9.88 Å². The molecule has 0 fully saturated rings. The molecule has 0 saturated heterocycles. The van der Waals surface area contributed by atoms with Gasteiger partial charge in [0, 0.05) is 24.2 Å². The summed E-state index contributed by atoms with van der Waals surface area (Å²) in [4.78, 5) is 23.5. The molecule has 0 atom stereocenters. The molecule has 1 N–H and O–H groups in total. The van der Waals surface area contributed by atoms with Crippen molar-refractivity contribution in [2.45, 2.75) is 19.9 Å². The van der Waals surface area contributed by atoms with E-state index < -0.39 is 0 Å². The maximum atomic E-state index is 12.0. The summed E-state index contributed by atoms with van der Waals surface area (Å²) in [6.45, 7) is 2.65. The Morgan fingerprint density at radius 2 is 2.26 bits per heavy atom. The van der Waals surface area contributed by atoms with Gasteiger partial charge in [-0.15, -0.1) is 11.3 Å². The number of hydrogen-bond donors (Lipinski definition) is 1. The molecule has 19 heavy (non-hydrogen) atoms. The zero-order valence-corrected chi connectivity index (χ0v) is 12.8. The molecule has 2 rings (SSSR count). The molecule has 4 nitrogen and oxygen atoms in total. The summed E-state index contributed by atoms with van der Waals surface area (Å²) >= 11 is 4.78. The maximum Gasteiger partial charge on any atom is 0.256 e. The first-order valence-electron chi connectivity index (χ1n) is 5.86. The average Bonchev–Trinajstić information content (AvgIpc) is 2.80. The fourth-order valence-corrected chi connectivity index (χ4v) is 2.79. The van der Waals surface area contributed by atoms with Crippen LogP contribution in [0.15, 0.2) is 38.4 Å². The Morgan fingerprint density at radius 1 is 1.47 bits per heavy atom. The molecule has 0 aromatic carbocycles. The third-order valence-corrected chi connectivity index (χ3v) is 4.04. The Hall–Kier alpha value is -1.40.